The normalized spacial score (nSPS) is 9.94. The molecule has 0 radical (unpaired) electrons. The van der Waals surface area contributed by atoms with E-state index in [-0.39, 0.29) is 0 Å². The van der Waals surface area contributed by atoms with Crippen LogP contribution < -0.4 is 15.8 Å². The fraction of sp³-hybridized carbons (Fsp3) is 0.300. The number of carbonyl (C=O) groups excluding carboxylic acids is 1. The summed E-state index contributed by atoms with van der Waals surface area (Å²) in [6.45, 7) is 1.00. The predicted octanol–water partition coefficient (Wildman–Crippen LogP) is 2.43. The first kappa shape index (κ1) is 13.1. The van der Waals surface area contributed by atoms with Gasteiger partial charge in [0.25, 0.3) is 0 Å². The molecule has 0 spiro atoms. The Bertz CT molecular complexity index is 372. The van der Waals surface area contributed by atoms with Crippen LogP contribution in [0, 0.1) is 0 Å². The maximum atomic E-state index is 11.2. The number of carbonyl (C=O) groups is 1. The highest BCUT2D eigenvalue weighted by molar-refractivity contribution is 6.42. The summed E-state index contributed by atoms with van der Waals surface area (Å²) < 4.78 is 4.96. The molecule has 1 amide bonds. The lowest BCUT2D eigenvalue weighted by atomic mass is 10.3. The van der Waals surface area contributed by atoms with Crippen molar-refractivity contribution >= 4 is 29.3 Å². The third kappa shape index (κ3) is 4.26. The van der Waals surface area contributed by atoms with E-state index in [2.05, 4.69) is 5.32 Å². The number of nitrogens with two attached hydrogens (primary N) is 1. The van der Waals surface area contributed by atoms with Crippen LogP contribution in [0.15, 0.2) is 18.2 Å². The van der Waals surface area contributed by atoms with Gasteiger partial charge in [-0.25, -0.2) is 4.79 Å². The van der Waals surface area contributed by atoms with Gasteiger partial charge in [-0.05, 0) is 25.1 Å². The molecule has 0 unspecified atom stereocenters. The summed E-state index contributed by atoms with van der Waals surface area (Å²) in [5, 5.41) is 3.30. The minimum absolute atomic E-state index is 0.342. The van der Waals surface area contributed by atoms with E-state index >= 15 is 0 Å². The zero-order chi connectivity index (χ0) is 12.0. The van der Waals surface area contributed by atoms with E-state index in [1.807, 2.05) is 0 Å². The molecule has 0 atom stereocenters. The molecule has 4 nitrogen and oxygen atoms in total. The summed E-state index contributed by atoms with van der Waals surface area (Å²) in [6.07, 6.45) is 0.170. The van der Waals surface area contributed by atoms with Gasteiger partial charge in [0, 0.05) is 12.6 Å². The Hall–Kier alpha value is -0.970. The Morgan fingerprint density at radius 3 is 2.75 bits per heavy atom. The van der Waals surface area contributed by atoms with Crippen molar-refractivity contribution in [1.82, 2.24) is 5.32 Å². The second-order valence-electron chi connectivity index (χ2n) is 3.03. The van der Waals surface area contributed by atoms with Crippen molar-refractivity contribution in [2.75, 3.05) is 13.1 Å². The molecule has 0 aliphatic rings. The second-order valence-corrected chi connectivity index (χ2v) is 3.85. The van der Waals surface area contributed by atoms with Crippen molar-refractivity contribution in [3.63, 3.8) is 0 Å². The average Bonchev–Trinajstić information content (AvgIpc) is 2.24. The van der Waals surface area contributed by atoms with Gasteiger partial charge in [0.1, 0.15) is 5.75 Å². The van der Waals surface area contributed by atoms with E-state index in [0.717, 1.165) is 0 Å². The molecular weight excluding hydrogens is 251 g/mol. The van der Waals surface area contributed by atoms with Crippen LogP contribution in [-0.4, -0.2) is 19.2 Å². The maximum Gasteiger partial charge on any atom is 0.412 e. The van der Waals surface area contributed by atoms with Crippen LogP contribution in [-0.2, 0) is 0 Å². The van der Waals surface area contributed by atoms with Gasteiger partial charge in [-0.2, -0.15) is 0 Å². The van der Waals surface area contributed by atoms with Crippen molar-refractivity contribution in [2.24, 2.45) is 5.73 Å². The van der Waals surface area contributed by atoms with Gasteiger partial charge in [0.15, 0.2) is 0 Å². The van der Waals surface area contributed by atoms with Crippen LogP contribution >= 0.6 is 23.2 Å². The molecule has 88 valence electrons. The SMILES string of the molecule is NCCCNC(=O)Oc1ccc(Cl)c(Cl)c1. The summed E-state index contributed by atoms with van der Waals surface area (Å²) in [5.74, 6) is 0.347. The lowest BCUT2D eigenvalue weighted by Crippen LogP contribution is -2.28. The fourth-order valence-electron chi connectivity index (χ4n) is 0.976. The Morgan fingerprint density at radius 1 is 1.38 bits per heavy atom. The number of amides is 1. The lowest BCUT2D eigenvalue weighted by Gasteiger charge is -2.06. The molecule has 0 heterocycles. The summed E-state index contributed by atoms with van der Waals surface area (Å²) in [7, 11) is 0. The Labute approximate surface area is 104 Å². The Kier molecular flexibility index (Phi) is 5.38. The minimum atomic E-state index is -0.535. The van der Waals surface area contributed by atoms with Crippen LogP contribution in [0.3, 0.4) is 0 Å². The third-order valence-corrected chi connectivity index (χ3v) is 2.49. The molecule has 0 aliphatic heterocycles. The smallest absolute Gasteiger partial charge is 0.410 e. The van der Waals surface area contributed by atoms with Crippen molar-refractivity contribution in [3.05, 3.63) is 28.2 Å². The highest BCUT2D eigenvalue weighted by atomic mass is 35.5. The van der Waals surface area contributed by atoms with Gasteiger partial charge >= 0.3 is 6.09 Å². The number of benzene rings is 1. The molecule has 0 fully saturated rings. The number of rotatable bonds is 4. The van der Waals surface area contributed by atoms with Gasteiger partial charge in [-0.1, -0.05) is 23.2 Å². The van der Waals surface area contributed by atoms with Gasteiger partial charge in [0.2, 0.25) is 0 Å². The molecule has 6 heteroatoms. The largest absolute Gasteiger partial charge is 0.412 e. The van der Waals surface area contributed by atoms with Crippen LogP contribution in [0.25, 0.3) is 0 Å². The van der Waals surface area contributed by atoms with Crippen molar-refractivity contribution < 1.29 is 9.53 Å². The summed E-state index contributed by atoms with van der Waals surface area (Å²) >= 11 is 11.5. The van der Waals surface area contributed by atoms with Gasteiger partial charge < -0.3 is 15.8 Å². The molecule has 0 aliphatic carbocycles. The lowest BCUT2D eigenvalue weighted by molar-refractivity contribution is 0.200. The molecular formula is C10H12Cl2N2O2. The summed E-state index contributed by atoms with van der Waals surface area (Å²) in [5.41, 5.74) is 5.28. The van der Waals surface area contributed by atoms with Gasteiger partial charge in [-0.3, -0.25) is 0 Å². The highest BCUT2D eigenvalue weighted by Gasteiger charge is 2.05. The fourth-order valence-corrected chi connectivity index (χ4v) is 1.26. The predicted molar refractivity (Wildman–Crippen MR) is 64.2 cm³/mol. The molecule has 0 aromatic heterocycles. The van der Waals surface area contributed by atoms with E-state index in [4.69, 9.17) is 33.7 Å². The van der Waals surface area contributed by atoms with Crippen LogP contribution in [0.1, 0.15) is 6.42 Å². The van der Waals surface area contributed by atoms with Crippen molar-refractivity contribution in [3.8, 4) is 5.75 Å². The van der Waals surface area contributed by atoms with Crippen LogP contribution in [0.4, 0.5) is 4.79 Å². The van der Waals surface area contributed by atoms with Crippen molar-refractivity contribution in [2.45, 2.75) is 6.42 Å². The van der Waals surface area contributed by atoms with E-state index in [0.29, 0.717) is 35.3 Å². The first-order valence-corrected chi connectivity index (χ1v) is 5.50. The van der Waals surface area contributed by atoms with Gasteiger partial charge in [0.05, 0.1) is 10.0 Å². The molecule has 0 saturated carbocycles. The van der Waals surface area contributed by atoms with E-state index in [1.54, 1.807) is 12.1 Å². The molecule has 1 aromatic rings. The maximum absolute atomic E-state index is 11.2. The zero-order valence-corrected chi connectivity index (χ0v) is 10.0. The minimum Gasteiger partial charge on any atom is -0.410 e. The highest BCUT2D eigenvalue weighted by Crippen LogP contribution is 2.26. The molecule has 0 saturated heterocycles. The molecule has 16 heavy (non-hydrogen) atoms. The standard InChI is InChI=1S/C10H12Cl2N2O2/c11-8-3-2-7(6-9(8)12)16-10(15)14-5-1-4-13/h2-3,6H,1,4-5,13H2,(H,14,15). The molecule has 1 rings (SSSR count). The molecule has 0 bridgehead atoms. The molecule has 3 N–H and O–H groups in total. The molecule has 1 aromatic carbocycles. The number of hydrogen-bond acceptors (Lipinski definition) is 3. The summed E-state index contributed by atoms with van der Waals surface area (Å²) in [4.78, 5) is 11.2. The second kappa shape index (κ2) is 6.58. The number of ether oxygens (including phenoxy) is 1. The van der Waals surface area contributed by atoms with Crippen LogP contribution in [0.2, 0.25) is 10.0 Å². The van der Waals surface area contributed by atoms with E-state index in [1.165, 1.54) is 6.07 Å². The van der Waals surface area contributed by atoms with E-state index < -0.39 is 6.09 Å². The average molecular weight is 263 g/mol. The third-order valence-electron chi connectivity index (χ3n) is 1.75. The first-order valence-electron chi connectivity index (χ1n) is 4.74. The zero-order valence-electron chi connectivity index (χ0n) is 8.50. The van der Waals surface area contributed by atoms with Gasteiger partial charge in [-0.15, -0.1) is 0 Å². The first-order chi connectivity index (χ1) is 7.63. The number of halogens is 2. The summed E-state index contributed by atoms with van der Waals surface area (Å²) in [6, 6.07) is 4.61. The van der Waals surface area contributed by atoms with Crippen molar-refractivity contribution in [1.29, 1.82) is 0 Å². The number of hydrogen-bond donors (Lipinski definition) is 2. The quantitative estimate of drug-likeness (QED) is 0.820. The number of nitrogens with one attached hydrogen (secondary N) is 1. The Balaban J connectivity index is 2.46. The Morgan fingerprint density at radius 2 is 2.12 bits per heavy atom. The van der Waals surface area contributed by atoms with E-state index in [9.17, 15) is 4.79 Å². The monoisotopic (exact) mass is 262 g/mol. The van der Waals surface area contributed by atoms with Crippen LogP contribution in [0.5, 0.6) is 5.75 Å². The topological polar surface area (TPSA) is 64.3 Å².